The molecule has 0 aliphatic carbocycles. The van der Waals surface area contributed by atoms with E-state index in [4.69, 9.17) is 4.74 Å². The fourth-order valence-electron chi connectivity index (χ4n) is 2.19. The highest BCUT2D eigenvalue weighted by atomic mass is 35.5. The van der Waals surface area contributed by atoms with Crippen molar-refractivity contribution in [2.45, 2.75) is 31.9 Å². The maximum atomic E-state index is 13.0. The molecule has 1 unspecified atom stereocenters. The Hall–Kier alpha value is -1.40. The molecule has 0 saturated carbocycles. The van der Waals surface area contributed by atoms with E-state index in [0.29, 0.717) is 6.54 Å². The Labute approximate surface area is 128 Å². The minimum absolute atomic E-state index is 0. The summed E-state index contributed by atoms with van der Waals surface area (Å²) in [6, 6.07) is 4.76. The maximum Gasteiger partial charge on any atom is 0.262 e. The molecule has 118 valence electrons. The Kier molecular flexibility index (Phi) is 5.92. The number of rotatable bonds is 4. The van der Waals surface area contributed by atoms with Gasteiger partial charge in [-0.3, -0.25) is 10.1 Å². The predicted octanol–water partition coefficient (Wildman–Crippen LogP) is 2.04. The van der Waals surface area contributed by atoms with Crippen molar-refractivity contribution in [3.05, 3.63) is 29.3 Å². The van der Waals surface area contributed by atoms with E-state index in [-0.39, 0.29) is 12.4 Å². The number of carbonyl (C=O) groups is 1. The number of benzene rings is 1. The Morgan fingerprint density at radius 3 is 2.81 bits per heavy atom. The summed E-state index contributed by atoms with van der Waals surface area (Å²) in [5.41, 5.74) is 1.87. The van der Waals surface area contributed by atoms with Gasteiger partial charge in [-0.2, -0.15) is 0 Å². The van der Waals surface area contributed by atoms with Crippen LogP contribution in [-0.4, -0.2) is 31.5 Å². The van der Waals surface area contributed by atoms with Crippen LogP contribution < -0.4 is 15.4 Å². The van der Waals surface area contributed by atoms with Crippen molar-refractivity contribution < 1.29 is 18.3 Å². The second-order valence-corrected chi connectivity index (χ2v) is 5.02. The Morgan fingerprint density at radius 1 is 1.52 bits per heavy atom. The van der Waals surface area contributed by atoms with Crippen LogP contribution in [0, 0.1) is 6.92 Å². The summed E-state index contributed by atoms with van der Waals surface area (Å²) in [6.07, 6.45) is -0.448. The number of nitrogens with one attached hydrogen (secondary N) is 2. The smallest absolute Gasteiger partial charge is 0.262 e. The molecule has 1 aromatic rings. The predicted molar refractivity (Wildman–Crippen MR) is 78.2 cm³/mol. The third kappa shape index (κ3) is 4.54. The first kappa shape index (κ1) is 17.7. The van der Waals surface area contributed by atoms with Crippen LogP contribution in [0.5, 0.6) is 5.75 Å². The zero-order valence-corrected chi connectivity index (χ0v) is 12.7. The minimum Gasteiger partial charge on any atom is -0.496 e. The molecule has 1 atom stereocenters. The van der Waals surface area contributed by atoms with Gasteiger partial charge >= 0.3 is 0 Å². The summed E-state index contributed by atoms with van der Waals surface area (Å²) in [6.45, 7) is 1.77. The summed E-state index contributed by atoms with van der Waals surface area (Å²) in [7, 11) is 1.58. The summed E-state index contributed by atoms with van der Waals surface area (Å²) in [5.74, 6) is -2.46. The minimum atomic E-state index is -2.80. The first-order chi connectivity index (χ1) is 9.41. The Bertz CT molecular complexity index is 512. The zero-order chi connectivity index (χ0) is 14.8. The molecule has 7 heteroatoms. The topological polar surface area (TPSA) is 50.4 Å². The average Bonchev–Trinajstić information content (AvgIpc) is 2.78. The summed E-state index contributed by atoms with van der Waals surface area (Å²) >= 11 is 0. The van der Waals surface area contributed by atoms with Gasteiger partial charge in [-0.25, -0.2) is 8.78 Å². The molecule has 0 aromatic heterocycles. The largest absolute Gasteiger partial charge is 0.496 e. The molecule has 2 rings (SSSR count). The molecule has 4 nitrogen and oxygen atoms in total. The molecular weight excluding hydrogens is 302 g/mol. The number of hydrogen-bond donors (Lipinski definition) is 2. The SMILES string of the molecule is COc1cc(CNC(=O)C2CC(F)(F)CN2)ccc1C.Cl. The second-order valence-electron chi connectivity index (χ2n) is 5.02. The highest BCUT2D eigenvalue weighted by Crippen LogP contribution is 2.25. The zero-order valence-electron chi connectivity index (χ0n) is 11.9. The van der Waals surface area contributed by atoms with E-state index in [1.807, 2.05) is 25.1 Å². The van der Waals surface area contributed by atoms with Gasteiger partial charge in [0.15, 0.2) is 0 Å². The van der Waals surface area contributed by atoms with Crippen LogP contribution in [0.15, 0.2) is 18.2 Å². The van der Waals surface area contributed by atoms with Crippen LogP contribution in [0.3, 0.4) is 0 Å². The van der Waals surface area contributed by atoms with Gasteiger partial charge < -0.3 is 10.1 Å². The van der Waals surface area contributed by atoms with E-state index >= 15 is 0 Å². The van der Waals surface area contributed by atoms with Crippen molar-refractivity contribution in [3.63, 3.8) is 0 Å². The van der Waals surface area contributed by atoms with Crippen LogP contribution >= 0.6 is 12.4 Å². The molecule has 1 aliphatic heterocycles. The third-order valence-electron chi connectivity index (χ3n) is 3.37. The maximum absolute atomic E-state index is 13.0. The van der Waals surface area contributed by atoms with Crippen LogP contribution in [-0.2, 0) is 11.3 Å². The number of halogens is 3. The van der Waals surface area contributed by atoms with Crippen molar-refractivity contribution in [1.29, 1.82) is 0 Å². The van der Waals surface area contributed by atoms with E-state index in [1.165, 1.54) is 0 Å². The quantitative estimate of drug-likeness (QED) is 0.892. The number of carbonyl (C=O) groups excluding carboxylic acids is 1. The van der Waals surface area contributed by atoms with Crippen LogP contribution in [0.4, 0.5) is 8.78 Å². The number of aryl methyl sites for hydroxylation is 1. The molecule has 0 radical (unpaired) electrons. The number of alkyl halides is 2. The molecule has 0 bridgehead atoms. The monoisotopic (exact) mass is 320 g/mol. The van der Waals surface area contributed by atoms with Gasteiger partial charge in [0, 0.05) is 13.0 Å². The van der Waals surface area contributed by atoms with Crippen LogP contribution in [0.25, 0.3) is 0 Å². The number of ether oxygens (including phenoxy) is 1. The number of methoxy groups -OCH3 is 1. The standard InChI is InChI=1S/C14H18F2N2O2.ClH/c1-9-3-4-10(5-12(9)20-2)7-17-13(19)11-6-14(15,16)8-18-11;/h3-5,11,18H,6-8H2,1-2H3,(H,17,19);1H. The average molecular weight is 321 g/mol. The lowest BCUT2D eigenvalue weighted by atomic mass is 10.1. The number of hydrogen-bond acceptors (Lipinski definition) is 3. The van der Waals surface area contributed by atoms with Gasteiger partial charge in [0.1, 0.15) is 5.75 Å². The van der Waals surface area contributed by atoms with Gasteiger partial charge in [-0.1, -0.05) is 12.1 Å². The van der Waals surface area contributed by atoms with Crippen molar-refractivity contribution in [2.24, 2.45) is 0 Å². The molecule has 21 heavy (non-hydrogen) atoms. The molecule has 1 fully saturated rings. The van der Waals surface area contributed by atoms with Crippen molar-refractivity contribution in [2.75, 3.05) is 13.7 Å². The second kappa shape index (κ2) is 7.04. The fraction of sp³-hybridized carbons (Fsp3) is 0.500. The van der Waals surface area contributed by atoms with E-state index in [9.17, 15) is 13.6 Å². The van der Waals surface area contributed by atoms with E-state index in [1.54, 1.807) is 7.11 Å². The summed E-state index contributed by atoms with van der Waals surface area (Å²) in [4.78, 5) is 11.8. The lowest BCUT2D eigenvalue weighted by Crippen LogP contribution is -2.40. The molecule has 0 spiro atoms. The van der Waals surface area contributed by atoms with Crippen LogP contribution in [0.2, 0.25) is 0 Å². The third-order valence-corrected chi connectivity index (χ3v) is 3.37. The molecule has 1 amide bonds. The van der Waals surface area contributed by atoms with Gasteiger partial charge in [-0.05, 0) is 24.1 Å². The van der Waals surface area contributed by atoms with Crippen molar-refractivity contribution >= 4 is 18.3 Å². The van der Waals surface area contributed by atoms with E-state index < -0.39 is 30.8 Å². The lowest BCUT2D eigenvalue weighted by molar-refractivity contribution is -0.123. The molecule has 2 N–H and O–H groups in total. The lowest BCUT2D eigenvalue weighted by Gasteiger charge is -2.12. The molecule has 1 aliphatic rings. The number of amides is 1. The summed E-state index contributed by atoms with van der Waals surface area (Å²) in [5, 5.41) is 5.19. The fourth-order valence-corrected chi connectivity index (χ4v) is 2.19. The van der Waals surface area contributed by atoms with Gasteiger partial charge in [0.05, 0.1) is 19.7 Å². The van der Waals surface area contributed by atoms with Gasteiger partial charge in [0.25, 0.3) is 5.92 Å². The normalized spacial score (nSPS) is 19.7. The molecule has 1 aromatic carbocycles. The summed E-state index contributed by atoms with van der Waals surface area (Å²) < 4.78 is 31.2. The van der Waals surface area contributed by atoms with Crippen molar-refractivity contribution in [1.82, 2.24) is 10.6 Å². The molecular formula is C14H19ClF2N2O2. The van der Waals surface area contributed by atoms with E-state index in [0.717, 1.165) is 16.9 Å². The molecule has 1 heterocycles. The Balaban J connectivity index is 0.00000220. The first-order valence-electron chi connectivity index (χ1n) is 6.44. The highest BCUT2D eigenvalue weighted by molar-refractivity contribution is 5.85. The highest BCUT2D eigenvalue weighted by Gasteiger charge is 2.42. The van der Waals surface area contributed by atoms with E-state index in [2.05, 4.69) is 10.6 Å². The van der Waals surface area contributed by atoms with Crippen molar-refractivity contribution in [3.8, 4) is 5.75 Å². The first-order valence-corrected chi connectivity index (χ1v) is 6.44. The van der Waals surface area contributed by atoms with Crippen LogP contribution in [0.1, 0.15) is 17.5 Å². The Morgan fingerprint density at radius 2 is 2.24 bits per heavy atom. The molecule has 1 saturated heterocycles. The van der Waals surface area contributed by atoms with Gasteiger partial charge in [0.2, 0.25) is 5.91 Å². The van der Waals surface area contributed by atoms with Gasteiger partial charge in [-0.15, -0.1) is 12.4 Å².